The third kappa shape index (κ3) is 3.13. The first-order chi connectivity index (χ1) is 12.2. The van der Waals surface area contributed by atoms with Gasteiger partial charge in [0.1, 0.15) is 5.01 Å². The topological polar surface area (TPSA) is 12.9 Å². The van der Waals surface area contributed by atoms with Gasteiger partial charge in [0.2, 0.25) is 0 Å². The Hall–Kier alpha value is -2.71. The maximum Gasteiger partial charge on any atom is 0.124 e. The van der Waals surface area contributed by atoms with Crippen molar-refractivity contribution in [3.05, 3.63) is 90.0 Å². The minimum absolute atomic E-state index is 1.06. The van der Waals surface area contributed by atoms with Crippen molar-refractivity contribution >= 4 is 11.3 Å². The lowest BCUT2D eigenvalue weighted by molar-refractivity contribution is 1.34. The van der Waals surface area contributed by atoms with Crippen LogP contribution in [0.15, 0.2) is 78.9 Å². The van der Waals surface area contributed by atoms with Crippen LogP contribution in [0.4, 0.5) is 0 Å². The molecule has 122 valence electrons. The molecule has 25 heavy (non-hydrogen) atoms. The monoisotopic (exact) mass is 341 g/mol. The molecule has 2 heteroatoms. The van der Waals surface area contributed by atoms with Gasteiger partial charge < -0.3 is 0 Å². The second kappa shape index (κ2) is 6.66. The van der Waals surface area contributed by atoms with Crippen molar-refractivity contribution in [2.24, 2.45) is 0 Å². The Morgan fingerprint density at radius 3 is 2.00 bits per heavy atom. The van der Waals surface area contributed by atoms with Gasteiger partial charge in [-0.15, -0.1) is 11.3 Å². The van der Waals surface area contributed by atoms with Gasteiger partial charge in [-0.25, -0.2) is 4.98 Å². The highest BCUT2D eigenvalue weighted by atomic mass is 32.1. The molecular weight excluding hydrogens is 322 g/mol. The van der Waals surface area contributed by atoms with E-state index in [-0.39, 0.29) is 0 Å². The molecule has 0 aliphatic carbocycles. The van der Waals surface area contributed by atoms with Crippen LogP contribution in [0.3, 0.4) is 0 Å². The normalized spacial score (nSPS) is 10.8. The van der Waals surface area contributed by atoms with E-state index in [4.69, 9.17) is 4.98 Å². The summed E-state index contributed by atoms with van der Waals surface area (Å²) in [5.41, 5.74) is 7.21. The lowest BCUT2D eigenvalue weighted by Crippen LogP contribution is -1.85. The van der Waals surface area contributed by atoms with Crippen molar-refractivity contribution < 1.29 is 0 Å². The maximum absolute atomic E-state index is 5.04. The molecule has 0 atom stereocenters. The molecule has 1 nitrogen and oxygen atoms in total. The predicted molar refractivity (Wildman–Crippen MR) is 108 cm³/mol. The molecule has 0 saturated carbocycles. The van der Waals surface area contributed by atoms with Crippen molar-refractivity contribution in [2.75, 3.05) is 0 Å². The number of hydrogen-bond donors (Lipinski definition) is 0. The summed E-state index contributed by atoms with van der Waals surface area (Å²) in [6, 6.07) is 27.6. The average molecular weight is 341 g/mol. The zero-order valence-electron chi connectivity index (χ0n) is 14.4. The fraction of sp³-hybridized carbons (Fsp3) is 0.0870. The molecule has 3 aromatic carbocycles. The molecule has 0 radical (unpaired) electrons. The Labute approximate surface area is 152 Å². The van der Waals surface area contributed by atoms with Crippen LogP contribution in [0.2, 0.25) is 0 Å². The molecule has 4 rings (SSSR count). The van der Waals surface area contributed by atoms with E-state index in [1.165, 1.54) is 27.1 Å². The number of rotatable bonds is 3. The lowest BCUT2D eigenvalue weighted by atomic mass is 10.1. The fourth-order valence-corrected chi connectivity index (χ4v) is 4.25. The third-order valence-electron chi connectivity index (χ3n) is 4.32. The van der Waals surface area contributed by atoms with Crippen LogP contribution >= 0.6 is 11.3 Å². The van der Waals surface area contributed by atoms with Crippen LogP contribution in [0, 0.1) is 13.8 Å². The maximum atomic E-state index is 5.04. The standard InChI is InChI=1S/C23H19NS/c1-16-13-14-20(17(2)15-16)23-24-21(18-9-5-3-6-10-18)22(25-23)19-11-7-4-8-12-19/h3-15H,1-2H3. The molecule has 0 bridgehead atoms. The second-order valence-corrected chi connectivity index (χ2v) is 7.25. The van der Waals surface area contributed by atoms with Crippen molar-refractivity contribution in [1.82, 2.24) is 4.98 Å². The number of thiazole rings is 1. The first-order valence-electron chi connectivity index (χ1n) is 8.41. The quantitative estimate of drug-likeness (QED) is 0.401. The molecule has 0 amide bonds. The molecule has 0 N–H and O–H groups in total. The minimum Gasteiger partial charge on any atom is -0.235 e. The van der Waals surface area contributed by atoms with Crippen LogP contribution in [-0.2, 0) is 0 Å². The fourth-order valence-electron chi connectivity index (χ4n) is 3.07. The molecule has 0 saturated heterocycles. The van der Waals surface area contributed by atoms with E-state index in [9.17, 15) is 0 Å². The predicted octanol–water partition coefficient (Wildman–Crippen LogP) is 6.76. The van der Waals surface area contributed by atoms with Crippen molar-refractivity contribution in [2.45, 2.75) is 13.8 Å². The van der Waals surface area contributed by atoms with Crippen LogP contribution in [0.25, 0.3) is 32.3 Å². The van der Waals surface area contributed by atoms with Gasteiger partial charge in [-0.1, -0.05) is 84.4 Å². The Kier molecular flexibility index (Phi) is 4.21. The highest BCUT2D eigenvalue weighted by molar-refractivity contribution is 7.19. The van der Waals surface area contributed by atoms with Crippen LogP contribution in [0.1, 0.15) is 11.1 Å². The average Bonchev–Trinajstić information content (AvgIpc) is 3.08. The zero-order chi connectivity index (χ0) is 17.2. The Bertz CT molecular complexity index is 944. The van der Waals surface area contributed by atoms with Gasteiger partial charge in [0.05, 0.1) is 10.6 Å². The zero-order valence-corrected chi connectivity index (χ0v) is 15.2. The summed E-state index contributed by atoms with van der Waals surface area (Å²) >= 11 is 1.77. The van der Waals surface area contributed by atoms with E-state index in [2.05, 4.69) is 86.6 Å². The van der Waals surface area contributed by atoms with Gasteiger partial charge in [-0.3, -0.25) is 0 Å². The summed E-state index contributed by atoms with van der Waals surface area (Å²) in [7, 11) is 0. The SMILES string of the molecule is Cc1ccc(-c2nc(-c3ccccc3)c(-c3ccccc3)s2)c(C)c1. The number of benzene rings is 3. The number of hydrogen-bond acceptors (Lipinski definition) is 2. The molecular formula is C23H19NS. The van der Waals surface area contributed by atoms with E-state index < -0.39 is 0 Å². The molecule has 1 heterocycles. The highest BCUT2D eigenvalue weighted by Gasteiger charge is 2.16. The van der Waals surface area contributed by atoms with Gasteiger partial charge in [-0.2, -0.15) is 0 Å². The van der Waals surface area contributed by atoms with Crippen molar-refractivity contribution in [3.63, 3.8) is 0 Å². The number of aryl methyl sites for hydroxylation is 2. The Morgan fingerprint density at radius 1 is 0.720 bits per heavy atom. The first-order valence-corrected chi connectivity index (χ1v) is 9.23. The largest absolute Gasteiger partial charge is 0.235 e. The van der Waals surface area contributed by atoms with E-state index >= 15 is 0 Å². The van der Waals surface area contributed by atoms with Crippen LogP contribution in [-0.4, -0.2) is 4.98 Å². The van der Waals surface area contributed by atoms with E-state index in [0.29, 0.717) is 0 Å². The number of aromatic nitrogens is 1. The first kappa shape index (κ1) is 15.8. The summed E-state index contributed by atoms with van der Waals surface area (Å²) in [5, 5.41) is 1.08. The molecule has 0 aliphatic heterocycles. The Balaban J connectivity index is 1.92. The van der Waals surface area contributed by atoms with Crippen LogP contribution < -0.4 is 0 Å². The third-order valence-corrected chi connectivity index (χ3v) is 5.46. The summed E-state index contributed by atoms with van der Waals surface area (Å²) < 4.78 is 0. The van der Waals surface area contributed by atoms with E-state index in [1.807, 2.05) is 6.07 Å². The van der Waals surface area contributed by atoms with E-state index in [1.54, 1.807) is 11.3 Å². The highest BCUT2D eigenvalue weighted by Crippen LogP contribution is 2.41. The van der Waals surface area contributed by atoms with Crippen LogP contribution in [0.5, 0.6) is 0 Å². The molecule has 0 fully saturated rings. The summed E-state index contributed by atoms with van der Waals surface area (Å²) in [4.78, 5) is 6.26. The summed E-state index contributed by atoms with van der Waals surface area (Å²) in [5.74, 6) is 0. The van der Waals surface area contributed by atoms with Gasteiger partial charge in [0, 0.05) is 11.1 Å². The summed E-state index contributed by atoms with van der Waals surface area (Å²) in [6.45, 7) is 4.29. The molecule has 0 unspecified atom stereocenters. The molecule has 0 aliphatic rings. The Morgan fingerprint density at radius 2 is 1.36 bits per heavy atom. The van der Waals surface area contributed by atoms with Crippen molar-refractivity contribution in [3.8, 4) is 32.3 Å². The van der Waals surface area contributed by atoms with E-state index in [0.717, 1.165) is 16.3 Å². The number of nitrogens with zero attached hydrogens (tertiary/aromatic N) is 1. The van der Waals surface area contributed by atoms with Crippen molar-refractivity contribution in [1.29, 1.82) is 0 Å². The molecule has 1 aromatic heterocycles. The smallest absolute Gasteiger partial charge is 0.124 e. The summed E-state index contributed by atoms with van der Waals surface area (Å²) in [6.07, 6.45) is 0. The minimum atomic E-state index is 1.06. The second-order valence-electron chi connectivity index (χ2n) is 6.25. The van der Waals surface area contributed by atoms with Gasteiger partial charge >= 0.3 is 0 Å². The van der Waals surface area contributed by atoms with Gasteiger partial charge in [0.15, 0.2) is 0 Å². The lowest BCUT2D eigenvalue weighted by Gasteiger charge is -2.03. The van der Waals surface area contributed by atoms with Gasteiger partial charge in [-0.05, 0) is 25.0 Å². The van der Waals surface area contributed by atoms with Gasteiger partial charge in [0.25, 0.3) is 0 Å². The molecule has 4 aromatic rings. The molecule has 0 spiro atoms.